The third-order valence-corrected chi connectivity index (χ3v) is 4.38. The van der Waals surface area contributed by atoms with Crippen molar-refractivity contribution in [2.75, 3.05) is 11.9 Å². The summed E-state index contributed by atoms with van der Waals surface area (Å²) in [6.45, 7) is 1.36. The summed E-state index contributed by atoms with van der Waals surface area (Å²) in [4.78, 5) is 9.01. The maximum atomic E-state index is 9.95. The van der Waals surface area contributed by atoms with Gasteiger partial charge < -0.3 is 19.7 Å². The number of benzene rings is 1. The monoisotopic (exact) mass is 364 g/mol. The van der Waals surface area contributed by atoms with Crippen LogP contribution in [0.3, 0.4) is 0 Å². The Bertz CT molecular complexity index is 746. The molecule has 2 N–H and O–H groups in total. The van der Waals surface area contributed by atoms with Gasteiger partial charge in [-0.15, -0.1) is 11.3 Å². The van der Waals surface area contributed by atoms with Crippen molar-refractivity contribution >= 4 is 28.6 Å². The third kappa shape index (κ3) is 4.95. The Morgan fingerprint density at radius 2 is 2.17 bits per heavy atom. The molecule has 6 nitrogen and oxygen atoms in total. The molecule has 0 radical (unpaired) electrons. The molecule has 0 saturated carbocycles. The van der Waals surface area contributed by atoms with Crippen LogP contribution in [0, 0.1) is 0 Å². The van der Waals surface area contributed by atoms with Crippen molar-refractivity contribution in [1.29, 1.82) is 0 Å². The quantitative estimate of drug-likeness (QED) is 0.642. The molecule has 0 aliphatic heterocycles. The van der Waals surface area contributed by atoms with E-state index in [9.17, 15) is 5.11 Å². The number of hydrogen-bond donors (Lipinski definition) is 2. The number of halogens is 1. The van der Waals surface area contributed by atoms with Gasteiger partial charge >= 0.3 is 0 Å². The zero-order valence-corrected chi connectivity index (χ0v) is 14.4. The standard InChI is InChI=1S/C16H17ClN4O2S/c17-16-20-8-15(24-16)7-19-12-1-3-14(4-2-12)23-10-13(22)9-21-6-5-18-11-21/h1-6,8,11,13,19,22H,7,9-10H2. The summed E-state index contributed by atoms with van der Waals surface area (Å²) in [7, 11) is 0. The number of aromatic nitrogens is 3. The maximum absolute atomic E-state index is 9.95. The Morgan fingerprint density at radius 3 is 2.83 bits per heavy atom. The number of aliphatic hydroxyl groups excluding tert-OH is 1. The molecule has 0 aliphatic rings. The summed E-state index contributed by atoms with van der Waals surface area (Å²) in [5, 5.41) is 13.2. The molecule has 126 valence electrons. The van der Waals surface area contributed by atoms with E-state index in [-0.39, 0.29) is 6.61 Å². The highest BCUT2D eigenvalue weighted by molar-refractivity contribution is 7.15. The molecule has 0 bridgehead atoms. The third-order valence-electron chi connectivity index (χ3n) is 3.27. The van der Waals surface area contributed by atoms with Gasteiger partial charge in [0, 0.05) is 29.2 Å². The molecule has 1 aromatic carbocycles. The van der Waals surface area contributed by atoms with E-state index in [4.69, 9.17) is 16.3 Å². The summed E-state index contributed by atoms with van der Waals surface area (Å²) in [6, 6.07) is 7.60. The van der Waals surface area contributed by atoms with Gasteiger partial charge in [0.25, 0.3) is 0 Å². The number of nitrogens with zero attached hydrogens (tertiary/aromatic N) is 3. The lowest BCUT2D eigenvalue weighted by molar-refractivity contribution is 0.0925. The van der Waals surface area contributed by atoms with Crippen molar-refractivity contribution in [3.05, 3.63) is 58.5 Å². The Labute approximate surface area is 148 Å². The van der Waals surface area contributed by atoms with Crippen LogP contribution < -0.4 is 10.1 Å². The number of anilines is 1. The lowest BCUT2D eigenvalue weighted by atomic mass is 10.3. The van der Waals surface area contributed by atoms with Crippen molar-refractivity contribution in [3.63, 3.8) is 0 Å². The number of rotatable bonds is 8. The van der Waals surface area contributed by atoms with Gasteiger partial charge in [-0.1, -0.05) is 11.6 Å². The van der Waals surface area contributed by atoms with Gasteiger partial charge in [-0.25, -0.2) is 9.97 Å². The fourth-order valence-electron chi connectivity index (χ4n) is 2.11. The fraction of sp³-hybridized carbons (Fsp3) is 0.250. The lowest BCUT2D eigenvalue weighted by Crippen LogP contribution is -2.22. The predicted molar refractivity (Wildman–Crippen MR) is 94.6 cm³/mol. The highest BCUT2D eigenvalue weighted by atomic mass is 35.5. The maximum Gasteiger partial charge on any atom is 0.183 e. The zero-order chi connectivity index (χ0) is 16.8. The highest BCUT2D eigenvalue weighted by Gasteiger charge is 2.06. The van der Waals surface area contributed by atoms with E-state index < -0.39 is 6.10 Å². The van der Waals surface area contributed by atoms with Crippen LogP contribution >= 0.6 is 22.9 Å². The number of nitrogens with one attached hydrogen (secondary N) is 1. The summed E-state index contributed by atoms with van der Waals surface area (Å²) in [6.07, 6.45) is 6.33. The summed E-state index contributed by atoms with van der Waals surface area (Å²) in [5.74, 6) is 0.714. The summed E-state index contributed by atoms with van der Waals surface area (Å²) < 4.78 is 7.96. The Hall–Kier alpha value is -2.09. The van der Waals surface area contributed by atoms with E-state index in [2.05, 4.69) is 15.3 Å². The Kier molecular flexibility index (Phi) is 5.68. The smallest absolute Gasteiger partial charge is 0.183 e. The normalized spacial score (nSPS) is 12.1. The first-order valence-corrected chi connectivity index (χ1v) is 8.59. The van der Waals surface area contributed by atoms with Crippen molar-refractivity contribution in [2.45, 2.75) is 19.2 Å². The Balaban J connectivity index is 1.44. The molecule has 0 aliphatic carbocycles. The SMILES string of the molecule is OC(COc1ccc(NCc2cnc(Cl)s2)cc1)Cn1ccnc1. The van der Waals surface area contributed by atoms with Gasteiger partial charge in [-0.2, -0.15) is 0 Å². The summed E-state index contributed by atoms with van der Waals surface area (Å²) in [5.41, 5.74) is 0.978. The van der Waals surface area contributed by atoms with E-state index in [0.29, 0.717) is 23.3 Å². The van der Waals surface area contributed by atoms with E-state index in [1.54, 1.807) is 24.9 Å². The molecule has 0 amide bonds. The van der Waals surface area contributed by atoms with Crippen molar-refractivity contribution in [1.82, 2.24) is 14.5 Å². The molecule has 0 fully saturated rings. The van der Waals surface area contributed by atoms with Crippen LogP contribution in [0.25, 0.3) is 0 Å². The number of hydrogen-bond acceptors (Lipinski definition) is 6. The molecule has 2 heterocycles. The van der Waals surface area contributed by atoms with Crippen LogP contribution in [0.2, 0.25) is 4.47 Å². The first-order chi connectivity index (χ1) is 11.7. The van der Waals surface area contributed by atoms with Crippen LogP contribution in [0.1, 0.15) is 4.88 Å². The second-order valence-electron chi connectivity index (χ2n) is 5.18. The van der Waals surface area contributed by atoms with Crippen LogP contribution in [-0.2, 0) is 13.1 Å². The van der Waals surface area contributed by atoms with Crippen molar-refractivity contribution < 1.29 is 9.84 Å². The van der Waals surface area contributed by atoms with Crippen LogP contribution in [0.5, 0.6) is 5.75 Å². The number of thiazole rings is 1. The average Bonchev–Trinajstić information content (AvgIpc) is 3.24. The van der Waals surface area contributed by atoms with E-state index in [1.807, 2.05) is 28.8 Å². The molecule has 0 spiro atoms. The fourth-order valence-corrected chi connectivity index (χ4v) is 3.02. The molecular formula is C16H17ClN4O2S. The number of imidazole rings is 1. The number of ether oxygens (including phenoxy) is 1. The topological polar surface area (TPSA) is 72.2 Å². The molecule has 0 saturated heterocycles. The molecule has 1 unspecified atom stereocenters. The molecule has 24 heavy (non-hydrogen) atoms. The van der Waals surface area contributed by atoms with Crippen molar-refractivity contribution in [2.24, 2.45) is 0 Å². The minimum Gasteiger partial charge on any atom is -0.491 e. The lowest BCUT2D eigenvalue weighted by Gasteiger charge is -2.13. The minimum absolute atomic E-state index is 0.227. The molecule has 1 atom stereocenters. The van der Waals surface area contributed by atoms with Gasteiger partial charge in [0.1, 0.15) is 18.5 Å². The van der Waals surface area contributed by atoms with E-state index in [1.165, 1.54) is 11.3 Å². The predicted octanol–water partition coefficient (Wildman–Crippen LogP) is 3.05. The molecular weight excluding hydrogens is 348 g/mol. The zero-order valence-electron chi connectivity index (χ0n) is 12.8. The Morgan fingerprint density at radius 1 is 1.33 bits per heavy atom. The largest absolute Gasteiger partial charge is 0.491 e. The minimum atomic E-state index is -0.590. The second kappa shape index (κ2) is 8.14. The molecule has 3 aromatic rings. The number of aliphatic hydroxyl groups is 1. The second-order valence-corrected chi connectivity index (χ2v) is 6.88. The van der Waals surface area contributed by atoms with Crippen LogP contribution in [-0.4, -0.2) is 32.4 Å². The summed E-state index contributed by atoms with van der Waals surface area (Å²) >= 11 is 7.26. The first kappa shape index (κ1) is 16.8. The van der Waals surface area contributed by atoms with E-state index in [0.717, 1.165) is 10.6 Å². The van der Waals surface area contributed by atoms with Gasteiger partial charge in [0.15, 0.2) is 4.47 Å². The van der Waals surface area contributed by atoms with Crippen LogP contribution in [0.4, 0.5) is 5.69 Å². The van der Waals surface area contributed by atoms with Gasteiger partial charge in [-0.05, 0) is 24.3 Å². The molecule has 2 aromatic heterocycles. The van der Waals surface area contributed by atoms with Gasteiger partial charge in [0.2, 0.25) is 0 Å². The first-order valence-electron chi connectivity index (χ1n) is 7.40. The molecule has 8 heteroatoms. The van der Waals surface area contributed by atoms with Gasteiger partial charge in [-0.3, -0.25) is 0 Å². The molecule has 3 rings (SSSR count). The van der Waals surface area contributed by atoms with E-state index >= 15 is 0 Å². The average molecular weight is 365 g/mol. The highest BCUT2D eigenvalue weighted by Crippen LogP contribution is 2.20. The van der Waals surface area contributed by atoms with Crippen LogP contribution in [0.15, 0.2) is 49.2 Å². The van der Waals surface area contributed by atoms with Gasteiger partial charge in [0.05, 0.1) is 19.4 Å². The van der Waals surface area contributed by atoms with Crippen molar-refractivity contribution in [3.8, 4) is 5.75 Å².